The van der Waals surface area contributed by atoms with Crippen molar-refractivity contribution < 1.29 is 9.90 Å². The van der Waals surface area contributed by atoms with Crippen molar-refractivity contribution in [3.8, 4) is 0 Å². The van der Waals surface area contributed by atoms with E-state index in [0.717, 1.165) is 44.5 Å². The molecular formula is C16H27N3O2. The summed E-state index contributed by atoms with van der Waals surface area (Å²) < 4.78 is 1.94. The van der Waals surface area contributed by atoms with Gasteiger partial charge in [0.25, 0.3) is 0 Å². The molecule has 0 radical (unpaired) electrons. The summed E-state index contributed by atoms with van der Waals surface area (Å²) in [5.41, 5.74) is 0. The van der Waals surface area contributed by atoms with E-state index in [1.165, 1.54) is 0 Å². The van der Waals surface area contributed by atoms with Gasteiger partial charge >= 0.3 is 5.97 Å². The van der Waals surface area contributed by atoms with Crippen molar-refractivity contribution in [3.63, 3.8) is 0 Å². The van der Waals surface area contributed by atoms with Crippen molar-refractivity contribution in [2.24, 2.45) is 23.7 Å². The zero-order valence-corrected chi connectivity index (χ0v) is 13.3. The van der Waals surface area contributed by atoms with Gasteiger partial charge in [0.05, 0.1) is 5.92 Å². The van der Waals surface area contributed by atoms with Gasteiger partial charge in [-0.15, -0.1) is 0 Å². The highest BCUT2D eigenvalue weighted by Gasteiger charge is 2.35. The molecule has 21 heavy (non-hydrogen) atoms. The first-order valence-electron chi connectivity index (χ1n) is 8.10. The first-order chi connectivity index (χ1) is 10.0. The fourth-order valence-electron chi connectivity index (χ4n) is 3.46. The second-order valence-corrected chi connectivity index (χ2v) is 6.75. The number of aromatic nitrogens is 3. The Labute approximate surface area is 126 Å². The van der Waals surface area contributed by atoms with Crippen LogP contribution < -0.4 is 0 Å². The summed E-state index contributed by atoms with van der Waals surface area (Å²) in [5, 5.41) is 13.8. The fraction of sp³-hybridized carbons (Fsp3) is 0.812. The summed E-state index contributed by atoms with van der Waals surface area (Å²) >= 11 is 0. The molecule has 1 aliphatic rings. The molecule has 1 N–H and O–H groups in total. The summed E-state index contributed by atoms with van der Waals surface area (Å²) in [6.07, 6.45) is 6.32. The molecule has 1 aromatic heterocycles. The van der Waals surface area contributed by atoms with Crippen LogP contribution in [0.4, 0.5) is 0 Å². The lowest BCUT2D eigenvalue weighted by Crippen LogP contribution is -2.32. The van der Waals surface area contributed by atoms with Crippen molar-refractivity contribution in [1.29, 1.82) is 0 Å². The average molecular weight is 293 g/mol. The molecule has 1 aliphatic carbocycles. The minimum absolute atomic E-state index is 0.191. The normalized spacial score (nSPS) is 26.2. The van der Waals surface area contributed by atoms with E-state index in [1.807, 2.05) is 4.68 Å². The van der Waals surface area contributed by atoms with E-state index in [4.69, 9.17) is 0 Å². The van der Waals surface area contributed by atoms with Crippen molar-refractivity contribution in [3.05, 3.63) is 12.2 Å². The van der Waals surface area contributed by atoms with E-state index in [9.17, 15) is 9.90 Å². The molecule has 5 nitrogen and oxygen atoms in total. The Morgan fingerprint density at radius 2 is 2.24 bits per heavy atom. The zero-order valence-electron chi connectivity index (χ0n) is 13.3. The third kappa shape index (κ3) is 4.05. The molecule has 118 valence electrons. The first kappa shape index (κ1) is 16.0. The maximum absolute atomic E-state index is 11.5. The monoisotopic (exact) mass is 293 g/mol. The number of hydrogen-bond acceptors (Lipinski definition) is 3. The van der Waals surface area contributed by atoms with E-state index < -0.39 is 5.97 Å². The molecule has 0 aliphatic heterocycles. The van der Waals surface area contributed by atoms with Gasteiger partial charge in [0, 0.05) is 13.0 Å². The van der Waals surface area contributed by atoms with Gasteiger partial charge in [-0.3, -0.25) is 4.79 Å². The molecule has 1 heterocycles. The molecule has 3 atom stereocenters. The minimum Gasteiger partial charge on any atom is -0.481 e. The van der Waals surface area contributed by atoms with E-state index in [0.29, 0.717) is 11.8 Å². The summed E-state index contributed by atoms with van der Waals surface area (Å²) in [7, 11) is 0. The predicted molar refractivity (Wildman–Crippen MR) is 80.8 cm³/mol. The van der Waals surface area contributed by atoms with E-state index in [2.05, 4.69) is 30.9 Å². The molecule has 1 aromatic rings. The molecule has 3 unspecified atom stereocenters. The van der Waals surface area contributed by atoms with Gasteiger partial charge in [-0.05, 0) is 37.0 Å². The average Bonchev–Trinajstić information content (AvgIpc) is 2.84. The highest BCUT2D eigenvalue weighted by molar-refractivity contribution is 5.70. The second-order valence-electron chi connectivity index (χ2n) is 6.75. The molecule has 0 amide bonds. The Hall–Kier alpha value is -1.39. The number of nitrogens with zero attached hydrogens (tertiary/aromatic N) is 3. The Balaban J connectivity index is 2.10. The lowest BCUT2D eigenvalue weighted by molar-refractivity contribution is -0.145. The van der Waals surface area contributed by atoms with E-state index >= 15 is 0 Å². The smallest absolute Gasteiger partial charge is 0.306 e. The lowest BCUT2D eigenvalue weighted by atomic mass is 9.72. The van der Waals surface area contributed by atoms with Crippen molar-refractivity contribution in [2.75, 3.05) is 0 Å². The van der Waals surface area contributed by atoms with Crippen LogP contribution >= 0.6 is 0 Å². The van der Waals surface area contributed by atoms with Crippen LogP contribution in [-0.4, -0.2) is 25.8 Å². The Morgan fingerprint density at radius 3 is 2.86 bits per heavy atom. The predicted octanol–water partition coefficient (Wildman–Crippen LogP) is 3.00. The van der Waals surface area contributed by atoms with Crippen molar-refractivity contribution in [1.82, 2.24) is 14.8 Å². The van der Waals surface area contributed by atoms with Crippen LogP contribution in [0.2, 0.25) is 0 Å². The second kappa shape index (κ2) is 7.05. The summed E-state index contributed by atoms with van der Waals surface area (Å²) in [5.74, 6) is 1.43. The number of hydrogen-bond donors (Lipinski definition) is 1. The third-order valence-electron chi connectivity index (χ3n) is 4.66. The van der Waals surface area contributed by atoms with Crippen LogP contribution in [0.25, 0.3) is 0 Å². The van der Waals surface area contributed by atoms with E-state index in [-0.39, 0.29) is 11.8 Å². The van der Waals surface area contributed by atoms with Crippen LogP contribution in [0.3, 0.4) is 0 Å². The molecule has 1 fully saturated rings. The Kier molecular flexibility index (Phi) is 5.37. The lowest BCUT2D eigenvalue weighted by Gasteiger charge is -2.33. The number of carboxylic acids is 1. The summed E-state index contributed by atoms with van der Waals surface area (Å²) in [6.45, 7) is 7.35. The van der Waals surface area contributed by atoms with Gasteiger partial charge in [-0.25, -0.2) is 9.67 Å². The first-order valence-corrected chi connectivity index (χ1v) is 8.10. The fourth-order valence-corrected chi connectivity index (χ4v) is 3.46. The SMILES string of the molecule is CCC1CCC(C(=O)O)C(Cc2ncnn2CC(C)C)C1. The number of rotatable bonds is 6. The molecule has 2 rings (SSSR count). The highest BCUT2D eigenvalue weighted by Crippen LogP contribution is 2.37. The van der Waals surface area contributed by atoms with Crippen LogP contribution in [0.15, 0.2) is 6.33 Å². The molecule has 0 aromatic carbocycles. The molecule has 1 saturated carbocycles. The molecule has 0 bridgehead atoms. The van der Waals surface area contributed by atoms with Crippen LogP contribution in [0.5, 0.6) is 0 Å². The molecule has 0 spiro atoms. The number of carboxylic acid groups (broad SMARTS) is 1. The number of carbonyl (C=O) groups is 1. The zero-order chi connectivity index (χ0) is 15.4. The van der Waals surface area contributed by atoms with Gasteiger partial charge in [-0.2, -0.15) is 5.10 Å². The third-order valence-corrected chi connectivity index (χ3v) is 4.66. The maximum Gasteiger partial charge on any atom is 0.306 e. The summed E-state index contributed by atoms with van der Waals surface area (Å²) in [4.78, 5) is 15.9. The quantitative estimate of drug-likeness (QED) is 0.875. The standard InChI is InChI=1S/C16H27N3O2/c1-4-12-5-6-14(16(20)21)13(7-12)8-15-17-10-18-19(15)9-11(2)3/h10-14H,4-9H2,1-3H3,(H,20,21). The van der Waals surface area contributed by atoms with Gasteiger partial charge in [0.15, 0.2) is 0 Å². The maximum atomic E-state index is 11.5. The summed E-state index contributed by atoms with van der Waals surface area (Å²) in [6, 6.07) is 0. The molecular weight excluding hydrogens is 266 g/mol. The number of aliphatic carboxylic acids is 1. The Morgan fingerprint density at radius 1 is 1.48 bits per heavy atom. The van der Waals surface area contributed by atoms with Crippen molar-refractivity contribution in [2.45, 2.75) is 59.4 Å². The van der Waals surface area contributed by atoms with E-state index in [1.54, 1.807) is 6.33 Å². The largest absolute Gasteiger partial charge is 0.481 e. The molecule has 5 heteroatoms. The topological polar surface area (TPSA) is 68.0 Å². The van der Waals surface area contributed by atoms with Gasteiger partial charge in [-0.1, -0.05) is 27.2 Å². The van der Waals surface area contributed by atoms with Crippen LogP contribution in [0, 0.1) is 23.7 Å². The van der Waals surface area contributed by atoms with Gasteiger partial charge < -0.3 is 5.11 Å². The van der Waals surface area contributed by atoms with Gasteiger partial charge in [0.1, 0.15) is 12.2 Å². The van der Waals surface area contributed by atoms with Crippen LogP contribution in [0.1, 0.15) is 52.3 Å². The Bertz CT molecular complexity index is 470. The van der Waals surface area contributed by atoms with Crippen molar-refractivity contribution >= 4 is 5.97 Å². The van der Waals surface area contributed by atoms with Gasteiger partial charge in [0.2, 0.25) is 0 Å². The van der Waals surface area contributed by atoms with Crippen LogP contribution in [-0.2, 0) is 17.8 Å². The minimum atomic E-state index is -0.649. The highest BCUT2D eigenvalue weighted by atomic mass is 16.4. The molecule has 0 saturated heterocycles.